The zero-order valence-electron chi connectivity index (χ0n) is 39.8. The first kappa shape index (κ1) is 13.9. The van der Waals surface area contributed by atoms with Crippen molar-refractivity contribution >= 4 is 39.7 Å². The summed E-state index contributed by atoms with van der Waals surface area (Å²) in [6.07, 6.45) is -1.98. The second-order valence-corrected chi connectivity index (χ2v) is 8.40. The molecule has 8 nitrogen and oxygen atoms in total. The van der Waals surface area contributed by atoms with E-state index in [0.29, 0.717) is 0 Å². The summed E-state index contributed by atoms with van der Waals surface area (Å²) in [6, 6.07) is -6.16. The van der Waals surface area contributed by atoms with E-state index in [0.717, 1.165) is 14.0 Å². The third-order valence-corrected chi connectivity index (χ3v) is 5.23. The van der Waals surface area contributed by atoms with E-state index < -0.39 is 149 Å². The van der Waals surface area contributed by atoms with Gasteiger partial charge in [-0.2, -0.15) is 5.26 Å². The third-order valence-electron chi connectivity index (χ3n) is 4.97. The molecule has 0 atom stereocenters. The summed E-state index contributed by atoms with van der Waals surface area (Å²) in [4.78, 5) is 21.7. The van der Waals surface area contributed by atoms with Gasteiger partial charge in [-0.3, -0.25) is 14.8 Å². The Labute approximate surface area is 270 Å². The lowest BCUT2D eigenvalue weighted by Gasteiger charge is -2.16. The number of hydrogen-bond acceptors (Lipinski definition) is 8. The third kappa shape index (κ3) is 7.82. The Morgan fingerprint density at radius 3 is 2.93 bits per heavy atom. The molecule has 41 heavy (non-hydrogen) atoms. The van der Waals surface area contributed by atoms with Gasteiger partial charge >= 0.3 is 0 Å². The van der Waals surface area contributed by atoms with E-state index in [1.54, 1.807) is 6.07 Å². The van der Waals surface area contributed by atoms with Crippen molar-refractivity contribution in [2.24, 2.45) is 0 Å². The maximum Gasteiger partial charge on any atom is 0.159 e. The van der Waals surface area contributed by atoms with Gasteiger partial charge in [0.2, 0.25) is 0 Å². The fourth-order valence-corrected chi connectivity index (χ4v) is 3.49. The number of carbonyl (C=O) groups is 1. The van der Waals surface area contributed by atoms with Crippen LogP contribution in [-0.4, -0.2) is 47.7 Å². The highest BCUT2D eigenvalue weighted by Gasteiger charge is 2.16. The molecule has 0 amide bonds. The average Bonchev–Trinajstić information content (AvgIpc) is 3.14. The highest BCUT2D eigenvalue weighted by Crippen LogP contribution is 2.36. The number of nitrogens with zero attached hydrogens (tertiary/aromatic N) is 4. The van der Waals surface area contributed by atoms with Gasteiger partial charge in [-0.05, 0) is 70.2 Å². The van der Waals surface area contributed by atoms with Crippen molar-refractivity contribution in [2.75, 3.05) is 32.4 Å². The molecule has 4 aromatic rings. The van der Waals surface area contributed by atoms with Gasteiger partial charge in [0.1, 0.15) is 24.2 Å². The summed E-state index contributed by atoms with van der Waals surface area (Å²) in [6.45, 7) is -7.13. The largest absolute Gasteiger partial charge is 0.494 e. The fourth-order valence-electron chi connectivity index (χ4n) is 3.30. The Balaban J connectivity index is 1.96. The molecule has 0 radical (unpaired) electrons. The number of nitriles is 1. The first-order chi connectivity index (χ1) is 27.0. The molecule has 0 saturated carbocycles. The number of ether oxygens (including phenoxy) is 2. The van der Waals surface area contributed by atoms with Crippen molar-refractivity contribution in [3.63, 3.8) is 0 Å². The molecular formula is C32H32ClN5O3. The van der Waals surface area contributed by atoms with Gasteiger partial charge in [0.05, 0.1) is 51.9 Å². The first-order valence-corrected chi connectivity index (χ1v) is 12.0. The molecule has 2 aromatic heterocycles. The van der Waals surface area contributed by atoms with Crippen LogP contribution in [0.25, 0.3) is 10.9 Å². The Bertz CT molecular complexity index is 2460. The number of nitrogens with one attached hydrogen (secondary N) is 1. The monoisotopic (exact) mass is 587 g/mol. The fraction of sp³-hybridized carbons (Fsp3) is 0.250. The maximum absolute atomic E-state index is 13.5. The number of anilines is 2. The molecule has 210 valence electrons. The van der Waals surface area contributed by atoms with Gasteiger partial charge < -0.3 is 19.7 Å². The van der Waals surface area contributed by atoms with Crippen molar-refractivity contribution in [1.82, 2.24) is 14.9 Å². The van der Waals surface area contributed by atoms with Crippen LogP contribution in [0.4, 0.5) is 11.4 Å². The lowest BCUT2D eigenvalue weighted by molar-refractivity contribution is -0.114. The van der Waals surface area contributed by atoms with E-state index in [1.165, 1.54) is 6.92 Å². The van der Waals surface area contributed by atoms with Crippen LogP contribution >= 0.6 is 11.6 Å². The minimum atomic E-state index is -3.19. The number of hydrogen-bond donors (Lipinski definition) is 1. The van der Waals surface area contributed by atoms with Crippen molar-refractivity contribution in [1.29, 1.82) is 5.26 Å². The van der Waals surface area contributed by atoms with E-state index in [4.69, 9.17) is 44.4 Å². The molecule has 0 bridgehead atoms. The van der Waals surface area contributed by atoms with Gasteiger partial charge in [0.25, 0.3) is 0 Å². The number of likely N-dealkylation sites (N-methyl/N-ethyl adjacent to an activating group) is 1. The van der Waals surface area contributed by atoms with E-state index in [9.17, 15) is 11.4 Å². The quantitative estimate of drug-likeness (QED) is 0.190. The molecule has 9 heteroatoms. The zero-order valence-corrected chi connectivity index (χ0v) is 22.6. The number of aromatic nitrogens is 2. The van der Waals surface area contributed by atoms with Crippen LogP contribution in [0.1, 0.15) is 54.1 Å². The molecule has 0 aliphatic heterocycles. The number of halogens is 1. The number of allylic oxidation sites excluding steroid dienone is 1. The van der Waals surface area contributed by atoms with Crippen LogP contribution in [0.15, 0.2) is 66.6 Å². The van der Waals surface area contributed by atoms with Crippen LogP contribution in [0, 0.1) is 18.3 Å². The van der Waals surface area contributed by atoms with Crippen LogP contribution < -0.4 is 14.8 Å². The summed E-state index contributed by atoms with van der Waals surface area (Å²) in [5.74, 6) is -2.74. The standard InChI is InChI=1S/C32H32ClN5O3/c1-5-40-31-17-29-27(15-22(31)14-26(39)10-7-13-38(3)4)32(23(18-34)19-35-29)37-24-11-12-30(28(33)16-24)41-20-25-9-6-8-21(2)36-25/h6-12,15-17,19H,5,13-14,20H2,1-4H3,(H,35,37)/b10-7+/i3D3,5D2,6D,7D,8D,9D,10D,11D,12D,13D2,15D,16D,17D,19D. The molecule has 2 aromatic carbocycles. The Hall–Kier alpha value is -4.45. The lowest BCUT2D eigenvalue weighted by Crippen LogP contribution is -2.11. The van der Waals surface area contributed by atoms with Gasteiger partial charge in [0.15, 0.2) is 5.78 Å². The van der Waals surface area contributed by atoms with Crippen molar-refractivity contribution in [3.05, 3.63) is 94.2 Å². The van der Waals surface area contributed by atoms with E-state index >= 15 is 0 Å². The number of pyridine rings is 2. The molecule has 1 N–H and O–H groups in total. The minimum Gasteiger partial charge on any atom is -0.494 e. The van der Waals surface area contributed by atoms with Gasteiger partial charge in [0, 0.05) is 54.3 Å². The van der Waals surface area contributed by atoms with E-state index in [-0.39, 0.29) is 22.3 Å². The van der Waals surface area contributed by atoms with Crippen LogP contribution in [0.5, 0.6) is 11.5 Å². The summed E-state index contributed by atoms with van der Waals surface area (Å²) in [5, 5.41) is 11.6. The first-order valence-electron chi connectivity index (χ1n) is 20.6. The number of ketones is 1. The van der Waals surface area contributed by atoms with E-state index in [1.807, 2.05) is 0 Å². The molecule has 0 aliphatic carbocycles. The maximum atomic E-state index is 13.5. The van der Waals surface area contributed by atoms with E-state index in [2.05, 4.69) is 15.3 Å². The normalized spacial score (nSPS) is 18.9. The Kier molecular flexibility index (Phi) is 4.68. The predicted octanol–water partition coefficient (Wildman–Crippen LogP) is 6.41. The number of aryl methyl sites for hydroxylation is 1. The second kappa shape index (κ2) is 13.8. The SMILES string of the molecule is [2H]/C(C(=O)Cc1c(OC([2H])([2H])C)c([2H])c2nc([2H])c(C#N)c(Nc3c([2H])c([2H])c(OCc4nc(C)c([2H])c([2H])c4[2H])c(Cl)c3[2H])c2c1[2H])=C(/[2H])C([2H])([2H])N(C)C([2H])([2H])[2H]. The van der Waals surface area contributed by atoms with Crippen molar-refractivity contribution in [3.8, 4) is 17.6 Å². The van der Waals surface area contributed by atoms with Crippen molar-refractivity contribution in [2.45, 2.75) is 26.9 Å². The number of fused-ring (bicyclic) bond motifs is 1. The highest BCUT2D eigenvalue weighted by atomic mass is 35.5. The highest BCUT2D eigenvalue weighted by molar-refractivity contribution is 6.32. The molecule has 2 heterocycles. The summed E-state index contributed by atoms with van der Waals surface area (Å²) >= 11 is 6.45. The van der Waals surface area contributed by atoms with Crippen molar-refractivity contribution < 1.29 is 38.9 Å². The van der Waals surface area contributed by atoms with Gasteiger partial charge in [-0.25, -0.2) is 0 Å². The van der Waals surface area contributed by atoms with Gasteiger partial charge in [-0.15, -0.1) is 0 Å². The molecule has 0 aliphatic rings. The zero-order chi connectivity index (χ0) is 45.0. The molecule has 0 fully saturated rings. The number of rotatable bonds is 12. The summed E-state index contributed by atoms with van der Waals surface area (Å²) in [7, 11) is 0.795. The van der Waals surface area contributed by atoms with Crippen LogP contribution in [0.2, 0.25) is 5.02 Å². The molecular weight excluding hydrogens is 538 g/mol. The summed E-state index contributed by atoms with van der Waals surface area (Å²) < 4.78 is 159. The molecule has 4 rings (SSSR count). The number of carbonyl (C=O) groups excluding carboxylic acids is 1. The van der Waals surface area contributed by atoms with Gasteiger partial charge in [-0.1, -0.05) is 23.7 Å². The smallest absolute Gasteiger partial charge is 0.159 e. The molecule has 0 saturated heterocycles. The topological polar surface area (TPSA) is 100 Å². The average molecular weight is 588 g/mol. The predicted molar refractivity (Wildman–Crippen MR) is 162 cm³/mol. The van der Waals surface area contributed by atoms with Crippen LogP contribution in [-0.2, 0) is 17.8 Å². The van der Waals surface area contributed by atoms with Crippen LogP contribution in [0.3, 0.4) is 0 Å². The lowest BCUT2D eigenvalue weighted by atomic mass is 10.0. The molecule has 0 spiro atoms. The Morgan fingerprint density at radius 1 is 1.29 bits per heavy atom. The molecule has 0 unspecified atom stereocenters. The number of benzene rings is 2. The second-order valence-electron chi connectivity index (χ2n) is 8.02. The minimum absolute atomic E-state index is 0.110. The summed E-state index contributed by atoms with van der Waals surface area (Å²) in [5.41, 5.74) is -3.05. The Morgan fingerprint density at radius 2 is 2.15 bits per heavy atom.